The van der Waals surface area contributed by atoms with Crippen molar-refractivity contribution in [3.63, 3.8) is 0 Å². The van der Waals surface area contributed by atoms with Gasteiger partial charge in [-0.15, -0.1) is 0 Å². The Hall–Kier alpha value is -1.06. The third kappa shape index (κ3) is 2.38. The van der Waals surface area contributed by atoms with Crippen LogP contribution in [0.3, 0.4) is 0 Å². The average molecular weight is 287 g/mol. The molecule has 2 atom stereocenters. The number of carbonyl (C=O) groups is 2. The fourth-order valence-electron chi connectivity index (χ4n) is 2.11. The fourth-order valence-corrected chi connectivity index (χ4v) is 2.41. The molecule has 0 radical (unpaired) electrons. The van der Waals surface area contributed by atoms with E-state index < -0.39 is 0 Å². The van der Waals surface area contributed by atoms with E-state index in [1.165, 1.54) is 7.11 Å². The van der Waals surface area contributed by atoms with Gasteiger partial charge in [0, 0.05) is 11.5 Å². The van der Waals surface area contributed by atoms with Gasteiger partial charge in [0.1, 0.15) is 0 Å². The lowest BCUT2D eigenvalue weighted by atomic mass is 9.70. The molecule has 0 spiro atoms. The first-order valence-corrected chi connectivity index (χ1v) is 6.37. The van der Waals surface area contributed by atoms with Crippen LogP contribution in [0.4, 0.5) is 0 Å². The second kappa shape index (κ2) is 5.29. The highest BCUT2D eigenvalue weighted by molar-refractivity contribution is 6.42. The molecular weight excluding hydrogens is 275 g/mol. The molecule has 1 fully saturated rings. The van der Waals surface area contributed by atoms with E-state index in [1.54, 1.807) is 18.2 Å². The van der Waals surface area contributed by atoms with E-state index >= 15 is 0 Å². The molecule has 0 saturated heterocycles. The van der Waals surface area contributed by atoms with Crippen LogP contribution >= 0.6 is 23.2 Å². The Morgan fingerprint density at radius 3 is 2.33 bits per heavy atom. The number of carbonyl (C=O) groups excluding carboxylic acids is 2. The van der Waals surface area contributed by atoms with Crippen molar-refractivity contribution in [2.75, 3.05) is 7.11 Å². The first-order chi connectivity index (χ1) is 8.54. The Bertz CT molecular complexity index is 499. The van der Waals surface area contributed by atoms with Gasteiger partial charge in [0.15, 0.2) is 5.78 Å². The molecule has 0 N–H and O–H groups in total. The van der Waals surface area contributed by atoms with Crippen LogP contribution in [0.5, 0.6) is 0 Å². The SMILES string of the molecule is COC(=O)C1CCC1C(=O)c1ccc(Cl)c(Cl)c1. The average Bonchev–Trinajstić information content (AvgIpc) is 2.31. The standard InChI is InChI=1S/C13H12Cl2O3/c1-18-13(17)9-4-3-8(9)12(16)7-2-5-10(14)11(15)6-7/h2,5-6,8-9H,3-4H2,1H3. The zero-order valence-electron chi connectivity index (χ0n) is 9.78. The van der Waals surface area contributed by atoms with Crippen LogP contribution < -0.4 is 0 Å². The summed E-state index contributed by atoms with van der Waals surface area (Å²) < 4.78 is 4.67. The number of ketones is 1. The van der Waals surface area contributed by atoms with Crippen molar-refractivity contribution in [1.82, 2.24) is 0 Å². The molecule has 96 valence electrons. The molecule has 0 bridgehead atoms. The van der Waals surface area contributed by atoms with Gasteiger partial charge in [0.2, 0.25) is 0 Å². The van der Waals surface area contributed by atoms with Crippen molar-refractivity contribution in [1.29, 1.82) is 0 Å². The molecule has 1 aliphatic carbocycles. The second-order valence-corrected chi connectivity index (χ2v) is 5.12. The van der Waals surface area contributed by atoms with Crippen molar-refractivity contribution in [2.24, 2.45) is 11.8 Å². The fraction of sp³-hybridized carbons (Fsp3) is 0.385. The molecule has 0 aliphatic heterocycles. The number of Topliss-reactive ketones (excluding diaryl/α,β-unsaturated/α-hetero) is 1. The van der Waals surface area contributed by atoms with Gasteiger partial charge in [-0.2, -0.15) is 0 Å². The largest absolute Gasteiger partial charge is 0.469 e. The van der Waals surface area contributed by atoms with Gasteiger partial charge >= 0.3 is 5.97 Å². The lowest BCUT2D eigenvalue weighted by Crippen LogP contribution is -2.38. The van der Waals surface area contributed by atoms with Gasteiger partial charge in [-0.05, 0) is 31.0 Å². The van der Waals surface area contributed by atoms with E-state index in [1.807, 2.05) is 0 Å². The smallest absolute Gasteiger partial charge is 0.309 e. The molecule has 1 aliphatic rings. The highest BCUT2D eigenvalue weighted by atomic mass is 35.5. The summed E-state index contributed by atoms with van der Waals surface area (Å²) in [4.78, 5) is 23.7. The number of methoxy groups -OCH3 is 1. The van der Waals surface area contributed by atoms with E-state index in [9.17, 15) is 9.59 Å². The molecule has 18 heavy (non-hydrogen) atoms. The number of hydrogen-bond acceptors (Lipinski definition) is 3. The number of rotatable bonds is 3. The monoisotopic (exact) mass is 286 g/mol. The zero-order valence-corrected chi connectivity index (χ0v) is 11.3. The summed E-state index contributed by atoms with van der Waals surface area (Å²) in [6.45, 7) is 0. The Balaban J connectivity index is 2.16. The van der Waals surface area contributed by atoms with Crippen LogP contribution in [-0.4, -0.2) is 18.9 Å². The first-order valence-electron chi connectivity index (χ1n) is 5.61. The summed E-state index contributed by atoms with van der Waals surface area (Å²) in [5.74, 6) is -1.01. The number of benzene rings is 1. The van der Waals surface area contributed by atoms with Gasteiger partial charge in [-0.1, -0.05) is 23.2 Å². The second-order valence-electron chi connectivity index (χ2n) is 4.31. The zero-order chi connectivity index (χ0) is 13.3. The van der Waals surface area contributed by atoms with Crippen LogP contribution in [0, 0.1) is 11.8 Å². The minimum absolute atomic E-state index is 0.0739. The number of hydrogen-bond donors (Lipinski definition) is 0. The minimum atomic E-state index is -0.322. The van der Waals surface area contributed by atoms with Crippen molar-refractivity contribution in [2.45, 2.75) is 12.8 Å². The Labute approximate surface area is 115 Å². The van der Waals surface area contributed by atoms with E-state index in [0.29, 0.717) is 28.5 Å². The molecule has 1 aromatic rings. The molecule has 0 heterocycles. The Kier molecular flexibility index (Phi) is 3.93. The molecule has 2 unspecified atom stereocenters. The summed E-state index contributed by atoms with van der Waals surface area (Å²) in [7, 11) is 1.33. The topological polar surface area (TPSA) is 43.4 Å². The van der Waals surface area contributed by atoms with Gasteiger partial charge in [-0.25, -0.2) is 0 Å². The summed E-state index contributed by atoms with van der Waals surface area (Å²) in [6, 6.07) is 4.75. The van der Waals surface area contributed by atoms with Crippen LogP contribution in [0.25, 0.3) is 0 Å². The summed E-state index contributed by atoms with van der Waals surface area (Å²) in [5, 5.41) is 0.753. The maximum atomic E-state index is 12.2. The summed E-state index contributed by atoms with van der Waals surface area (Å²) in [6.07, 6.45) is 1.41. The maximum Gasteiger partial charge on any atom is 0.309 e. The highest BCUT2D eigenvalue weighted by Crippen LogP contribution is 2.38. The summed E-state index contributed by atoms with van der Waals surface area (Å²) >= 11 is 11.7. The number of ether oxygens (including phenoxy) is 1. The van der Waals surface area contributed by atoms with Crippen LogP contribution in [0.2, 0.25) is 10.0 Å². The van der Waals surface area contributed by atoms with E-state index in [-0.39, 0.29) is 23.6 Å². The number of esters is 1. The molecule has 3 nitrogen and oxygen atoms in total. The third-order valence-electron chi connectivity index (χ3n) is 3.32. The quantitative estimate of drug-likeness (QED) is 0.632. The van der Waals surface area contributed by atoms with Gasteiger partial charge in [-0.3, -0.25) is 9.59 Å². The molecular formula is C13H12Cl2O3. The molecule has 1 saturated carbocycles. The molecule has 0 aromatic heterocycles. The first kappa shape index (κ1) is 13.4. The normalized spacial score (nSPS) is 22.2. The molecule has 0 amide bonds. The van der Waals surface area contributed by atoms with Gasteiger partial charge < -0.3 is 4.74 Å². The highest BCUT2D eigenvalue weighted by Gasteiger charge is 2.42. The predicted octanol–water partition coefficient (Wildman–Crippen LogP) is 3.38. The van der Waals surface area contributed by atoms with Crippen LogP contribution in [-0.2, 0) is 9.53 Å². The van der Waals surface area contributed by atoms with E-state index in [0.717, 1.165) is 0 Å². The maximum absolute atomic E-state index is 12.2. The Morgan fingerprint density at radius 2 is 1.83 bits per heavy atom. The van der Waals surface area contributed by atoms with Crippen molar-refractivity contribution in [3.8, 4) is 0 Å². The van der Waals surface area contributed by atoms with E-state index in [2.05, 4.69) is 4.74 Å². The van der Waals surface area contributed by atoms with Gasteiger partial charge in [0.05, 0.1) is 23.1 Å². The number of halogens is 2. The molecule has 5 heteroatoms. The van der Waals surface area contributed by atoms with Crippen LogP contribution in [0.15, 0.2) is 18.2 Å². The van der Waals surface area contributed by atoms with E-state index in [4.69, 9.17) is 23.2 Å². The molecule has 2 rings (SSSR count). The lowest BCUT2D eigenvalue weighted by molar-refractivity contribution is -0.150. The lowest BCUT2D eigenvalue weighted by Gasteiger charge is -2.33. The third-order valence-corrected chi connectivity index (χ3v) is 4.06. The molecule has 1 aromatic carbocycles. The van der Waals surface area contributed by atoms with Gasteiger partial charge in [0.25, 0.3) is 0 Å². The van der Waals surface area contributed by atoms with Crippen molar-refractivity contribution >= 4 is 35.0 Å². The van der Waals surface area contributed by atoms with Crippen LogP contribution in [0.1, 0.15) is 23.2 Å². The Morgan fingerprint density at radius 1 is 1.17 bits per heavy atom. The van der Waals surface area contributed by atoms with Crippen molar-refractivity contribution < 1.29 is 14.3 Å². The minimum Gasteiger partial charge on any atom is -0.469 e. The summed E-state index contributed by atoms with van der Waals surface area (Å²) in [5.41, 5.74) is 0.489. The van der Waals surface area contributed by atoms with Crippen molar-refractivity contribution in [3.05, 3.63) is 33.8 Å². The predicted molar refractivity (Wildman–Crippen MR) is 69.0 cm³/mol.